The van der Waals surface area contributed by atoms with Gasteiger partial charge in [-0.1, -0.05) is 12.1 Å². The van der Waals surface area contributed by atoms with Crippen LogP contribution in [0.4, 0.5) is 5.95 Å². The molecule has 4 heteroatoms. The molecule has 1 aromatic heterocycles. The van der Waals surface area contributed by atoms with Crippen LogP contribution in [0.15, 0.2) is 18.2 Å². The highest BCUT2D eigenvalue weighted by molar-refractivity contribution is 5.81. The SMILES string of the molecule is CCOCCCn1c(N)nc2cccc(C)c21. The Balaban J connectivity index is 2.23. The molecule has 1 aromatic carbocycles. The number of fused-ring (bicyclic) bond motifs is 1. The lowest BCUT2D eigenvalue weighted by atomic mass is 10.2. The van der Waals surface area contributed by atoms with Crippen LogP contribution in [-0.4, -0.2) is 22.8 Å². The second-order valence-electron chi connectivity index (χ2n) is 4.11. The summed E-state index contributed by atoms with van der Waals surface area (Å²) in [4.78, 5) is 4.37. The van der Waals surface area contributed by atoms with Crippen molar-refractivity contribution < 1.29 is 4.74 Å². The standard InChI is InChI=1S/C13H19N3O/c1-3-17-9-5-8-16-12-10(2)6-4-7-11(12)15-13(16)14/h4,6-7H,3,5,8-9H2,1-2H3,(H2,14,15). The van der Waals surface area contributed by atoms with Gasteiger partial charge in [0.1, 0.15) is 0 Å². The largest absolute Gasteiger partial charge is 0.382 e. The topological polar surface area (TPSA) is 53.1 Å². The van der Waals surface area contributed by atoms with Gasteiger partial charge in [-0.2, -0.15) is 0 Å². The summed E-state index contributed by atoms with van der Waals surface area (Å²) in [6.07, 6.45) is 0.956. The first-order chi connectivity index (χ1) is 8.24. The molecule has 0 aliphatic carbocycles. The summed E-state index contributed by atoms with van der Waals surface area (Å²) in [5.74, 6) is 0.589. The minimum Gasteiger partial charge on any atom is -0.382 e. The van der Waals surface area contributed by atoms with Gasteiger partial charge in [-0.05, 0) is 31.9 Å². The number of ether oxygens (including phenoxy) is 1. The molecule has 2 N–H and O–H groups in total. The molecule has 0 atom stereocenters. The molecule has 0 aliphatic heterocycles. The molecular weight excluding hydrogens is 214 g/mol. The number of nitrogen functional groups attached to an aromatic ring is 1. The molecule has 0 bridgehead atoms. The third kappa shape index (κ3) is 2.42. The first-order valence-electron chi connectivity index (χ1n) is 6.03. The Bertz CT molecular complexity index is 505. The quantitative estimate of drug-likeness (QED) is 0.806. The number of para-hydroxylation sites is 1. The minimum absolute atomic E-state index is 0.589. The maximum atomic E-state index is 5.95. The summed E-state index contributed by atoms with van der Waals surface area (Å²) in [5.41, 5.74) is 9.27. The lowest BCUT2D eigenvalue weighted by molar-refractivity contribution is 0.142. The third-order valence-electron chi connectivity index (χ3n) is 2.87. The summed E-state index contributed by atoms with van der Waals surface area (Å²) in [6, 6.07) is 6.09. The molecule has 0 saturated carbocycles. The van der Waals surface area contributed by atoms with Crippen LogP contribution in [0.5, 0.6) is 0 Å². The lowest BCUT2D eigenvalue weighted by Gasteiger charge is -2.08. The van der Waals surface area contributed by atoms with Gasteiger partial charge in [0.05, 0.1) is 11.0 Å². The van der Waals surface area contributed by atoms with Crippen LogP contribution in [0.25, 0.3) is 11.0 Å². The number of hydrogen-bond acceptors (Lipinski definition) is 3. The second-order valence-corrected chi connectivity index (χ2v) is 4.11. The van der Waals surface area contributed by atoms with E-state index >= 15 is 0 Å². The van der Waals surface area contributed by atoms with E-state index in [4.69, 9.17) is 10.5 Å². The number of rotatable bonds is 5. The minimum atomic E-state index is 0.589. The number of hydrogen-bond donors (Lipinski definition) is 1. The molecule has 0 aliphatic rings. The van der Waals surface area contributed by atoms with Crippen molar-refractivity contribution in [1.29, 1.82) is 0 Å². The summed E-state index contributed by atoms with van der Waals surface area (Å²) in [5, 5.41) is 0. The average Bonchev–Trinajstić information content (AvgIpc) is 2.62. The smallest absolute Gasteiger partial charge is 0.201 e. The molecule has 0 saturated heterocycles. The zero-order valence-corrected chi connectivity index (χ0v) is 10.4. The van der Waals surface area contributed by atoms with Crippen molar-refractivity contribution >= 4 is 17.0 Å². The molecule has 17 heavy (non-hydrogen) atoms. The van der Waals surface area contributed by atoms with E-state index in [1.807, 2.05) is 19.1 Å². The summed E-state index contributed by atoms with van der Waals surface area (Å²) in [7, 11) is 0. The monoisotopic (exact) mass is 233 g/mol. The molecule has 0 radical (unpaired) electrons. The van der Waals surface area contributed by atoms with Crippen molar-refractivity contribution in [3.8, 4) is 0 Å². The lowest BCUT2D eigenvalue weighted by Crippen LogP contribution is -2.06. The van der Waals surface area contributed by atoms with E-state index in [2.05, 4.69) is 22.5 Å². The normalized spacial score (nSPS) is 11.2. The van der Waals surface area contributed by atoms with Crippen molar-refractivity contribution in [2.24, 2.45) is 0 Å². The van der Waals surface area contributed by atoms with Crippen LogP contribution in [0.1, 0.15) is 18.9 Å². The molecule has 92 valence electrons. The van der Waals surface area contributed by atoms with E-state index in [0.29, 0.717) is 5.95 Å². The summed E-state index contributed by atoms with van der Waals surface area (Å²) in [6.45, 7) is 6.47. The van der Waals surface area contributed by atoms with Gasteiger partial charge in [-0.3, -0.25) is 0 Å². The molecule has 0 fully saturated rings. The van der Waals surface area contributed by atoms with Crippen LogP contribution in [0.3, 0.4) is 0 Å². The van der Waals surface area contributed by atoms with Crippen molar-refractivity contribution in [1.82, 2.24) is 9.55 Å². The van der Waals surface area contributed by atoms with Crippen LogP contribution >= 0.6 is 0 Å². The molecule has 2 rings (SSSR count). The molecule has 2 aromatic rings. The predicted octanol–water partition coefficient (Wildman–Crippen LogP) is 2.35. The fraction of sp³-hybridized carbons (Fsp3) is 0.462. The van der Waals surface area contributed by atoms with Gasteiger partial charge in [0, 0.05) is 19.8 Å². The van der Waals surface area contributed by atoms with Crippen LogP contribution in [0, 0.1) is 6.92 Å². The van der Waals surface area contributed by atoms with Gasteiger partial charge in [-0.25, -0.2) is 4.98 Å². The Morgan fingerprint density at radius 3 is 3.00 bits per heavy atom. The van der Waals surface area contributed by atoms with E-state index < -0.39 is 0 Å². The van der Waals surface area contributed by atoms with Crippen LogP contribution in [-0.2, 0) is 11.3 Å². The zero-order valence-electron chi connectivity index (χ0n) is 10.4. The van der Waals surface area contributed by atoms with Crippen molar-refractivity contribution in [3.63, 3.8) is 0 Å². The molecule has 4 nitrogen and oxygen atoms in total. The number of imidazole rings is 1. The fourth-order valence-corrected chi connectivity index (χ4v) is 2.08. The molecule has 0 unspecified atom stereocenters. The zero-order chi connectivity index (χ0) is 12.3. The molecule has 0 spiro atoms. The first kappa shape index (κ1) is 11.9. The van der Waals surface area contributed by atoms with Crippen molar-refractivity contribution in [3.05, 3.63) is 23.8 Å². The first-order valence-corrected chi connectivity index (χ1v) is 6.03. The van der Waals surface area contributed by atoms with E-state index in [9.17, 15) is 0 Å². The number of nitrogens with zero attached hydrogens (tertiary/aromatic N) is 2. The van der Waals surface area contributed by atoms with Gasteiger partial charge in [0.2, 0.25) is 5.95 Å². The predicted molar refractivity (Wildman–Crippen MR) is 70.0 cm³/mol. The van der Waals surface area contributed by atoms with Gasteiger partial charge < -0.3 is 15.0 Å². The second kappa shape index (κ2) is 5.19. The highest BCUT2D eigenvalue weighted by atomic mass is 16.5. The van der Waals surface area contributed by atoms with Crippen LogP contribution < -0.4 is 5.73 Å². The average molecular weight is 233 g/mol. The van der Waals surface area contributed by atoms with Crippen molar-refractivity contribution in [2.45, 2.75) is 26.8 Å². The van der Waals surface area contributed by atoms with Gasteiger partial charge in [-0.15, -0.1) is 0 Å². The highest BCUT2D eigenvalue weighted by Gasteiger charge is 2.09. The van der Waals surface area contributed by atoms with Gasteiger partial charge >= 0.3 is 0 Å². The van der Waals surface area contributed by atoms with E-state index in [1.54, 1.807) is 0 Å². The van der Waals surface area contributed by atoms with Gasteiger partial charge in [0.25, 0.3) is 0 Å². The van der Waals surface area contributed by atoms with E-state index in [-0.39, 0.29) is 0 Å². The number of benzene rings is 1. The Labute approximate surface area is 101 Å². The number of anilines is 1. The fourth-order valence-electron chi connectivity index (χ4n) is 2.08. The number of aromatic nitrogens is 2. The summed E-state index contributed by atoms with van der Waals surface area (Å²) >= 11 is 0. The number of nitrogens with two attached hydrogens (primary N) is 1. The Kier molecular flexibility index (Phi) is 3.64. The summed E-state index contributed by atoms with van der Waals surface area (Å²) < 4.78 is 7.41. The maximum absolute atomic E-state index is 5.95. The van der Waals surface area contributed by atoms with Gasteiger partial charge in [0.15, 0.2) is 0 Å². The van der Waals surface area contributed by atoms with Crippen LogP contribution in [0.2, 0.25) is 0 Å². The molecular formula is C13H19N3O. The Morgan fingerprint density at radius 1 is 1.41 bits per heavy atom. The van der Waals surface area contributed by atoms with E-state index in [0.717, 1.165) is 37.2 Å². The highest BCUT2D eigenvalue weighted by Crippen LogP contribution is 2.21. The Hall–Kier alpha value is -1.55. The molecule has 1 heterocycles. The molecule has 0 amide bonds. The Morgan fingerprint density at radius 2 is 2.24 bits per heavy atom. The maximum Gasteiger partial charge on any atom is 0.201 e. The van der Waals surface area contributed by atoms with Crippen molar-refractivity contribution in [2.75, 3.05) is 18.9 Å². The number of aryl methyl sites for hydroxylation is 2. The van der Waals surface area contributed by atoms with E-state index in [1.165, 1.54) is 5.56 Å². The third-order valence-corrected chi connectivity index (χ3v) is 2.87.